The fourth-order valence-corrected chi connectivity index (χ4v) is 3.61. The van der Waals surface area contributed by atoms with Gasteiger partial charge in [0.2, 0.25) is 0 Å². The highest BCUT2D eigenvalue weighted by Gasteiger charge is 2.22. The highest BCUT2D eigenvalue weighted by Crippen LogP contribution is 2.41. The SMILES string of the molecule is CC1=CC(c2ccc3ccccc3c2)c2ccc(Br)cc21. The molecule has 21 heavy (non-hydrogen) atoms. The molecule has 102 valence electrons. The molecular formula is C20H15Br. The molecule has 0 saturated carbocycles. The zero-order valence-electron chi connectivity index (χ0n) is 11.8. The second-order valence-electron chi connectivity index (χ2n) is 5.67. The molecule has 1 atom stereocenters. The maximum absolute atomic E-state index is 3.57. The Morgan fingerprint density at radius 1 is 0.857 bits per heavy atom. The minimum atomic E-state index is 0.373. The average molecular weight is 335 g/mol. The van der Waals surface area contributed by atoms with Crippen LogP contribution in [0.15, 0.2) is 71.2 Å². The Morgan fingerprint density at radius 3 is 2.52 bits per heavy atom. The summed E-state index contributed by atoms with van der Waals surface area (Å²) in [5, 5.41) is 2.61. The number of benzene rings is 3. The van der Waals surface area contributed by atoms with E-state index in [-0.39, 0.29) is 0 Å². The van der Waals surface area contributed by atoms with Gasteiger partial charge in [0.25, 0.3) is 0 Å². The van der Waals surface area contributed by atoms with Gasteiger partial charge in [-0.05, 0) is 52.1 Å². The van der Waals surface area contributed by atoms with Crippen LogP contribution in [-0.4, -0.2) is 0 Å². The summed E-state index contributed by atoms with van der Waals surface area (Å²) >= 11 is 3.57. The first-order valence-electron chi connectivity index (χ1n) is 7.19. The molecule has 3 aromatic rings. The lowest BCUT2D eigenvalue weighted by Gasteiger charge is -2.13. The molecule has 3 aromatic carbocycles. The van der Waals surface area contributed by atoms with Crippen molar-refractivity contribution < 1.29 is 0 Å². The maximum atomic E-state index is 3.57. The fourth-order valence-electron chi connectivity index (χ4n) is 3.25. The highest BCUT2D eigenvalue weighted by molar-refractivity contribution is 9.10. The summed E-state index contributed by atoms with van der Waals surface area (Å²) in [6.07, 6.45) is 2.38. The fraction of sp³-hybridized carbons (Fsp3) is 0.100. The van der Waals surface area contributed by atoms with Crippen molar-refractivity contribution in [2.24, 2.45) is 0 Å². The van der Waals surface area contributed by atoms with E-state index in [1.807, 2.05) is 0 Å². The van der Waals surface area contributed by atoms with Crippen LogP contribution >= 0.6 is 15.9 Å². The predicted octanol–water partition coefficient (Wildman–Crippen LogP) is 6.15. The summed E-state index contributed by atoms with van der Waals surface area (Å²) < 4.78 is 1.15. The van der Waals surface area contributed by atoms with Gasteiger partial charge in [-0.2, -0.15) is 0 Å². The Balaban J connectivity index is 1.87. The van der Waals surface area contributed by atoms with Crippen molar-refractivity contribution in [3.8, 4) is 0 Å². The summed E-state index contributed by atoms with van der Waals surface area (Å²) in [6, 6.07) is 22.0. The first kappa shape index (κ1) is 12.8. The van der Waals surface area contributed by atoms with Crippen molar-refractivity contribution in [3.63, 3.8) is 0 Å². The van der Waals surface area contributed by atoms with Crippen LogP contribution in [0.5, 0.6) is 0 Å². The predicted molar refractivity (Wildman–Crippen MR) is 93.6 cm³/mol. The maximum Gasteiger partial charge on any atom is 0.0281 e. The van der Waals surface area contributed by atoms with Gasteiger partial charge in [0.05, 0.1) is 0 Å². The normalized spacial score (nSPS) is 16.9. The number of hydrogen-bond donors (Lipinski definition) is 0. The van der Waals surface area contributed by atoms with E-state index in [4.69, 9.17) is 0 Å². The summed E-state index contributed by atoms with van der Waals surface area (Å²) in [5.41, 5.74) is 5.51. The minimum Gasteiger partial charge on any atom is -0.0691 e. The largest absolute Gasteiger partial charge is 0.0691 e. The monoisotopic (exact) mass is 334 g/mol. The van der Waals surface area contributed by atoms with E-state index < -0.39 is 0 Å². The molecular weight excluding hydrogens is 320 g/mol. The zero-order chi connectivity index (χ0) is 14.4. The van der Waals surface area contributed by atoms with Crippen molar-refractivity contribution in [2.75, 3.05) is 0 Å². The topological polar surface area (TPSA) is 0 Å². The van der Waals surface area contributed by atoms with Crippen LogP contribution < -0.4 is 0 Å². The van der Waals surface area contributed by atoms with E-state index in [2.05, 4.69) is 89.6 Å². The van der Waals surface area contributed by atoms with Gasteiger partial charge < -0.3 is 0 Å². The van der Waals surface area contributed by atoms with Crippen LogP contribution in [0, 0.1) is 0 Å². The molecule has 0 N–H and O–H groups in total. The lowest BCUT2D eigenvalue weighted by atomic mass is 9.91. The molecule has 1 aliphatic rings. The summed E-state index contributed by atoms with van der Waals surface area (Å²) in [7, 11) is 0. The minimum absolute atomic E-state index is 0.373. The summed E-state index contributed by atoms with van der Waals surface area (Å²) in [4.78, 5) is 0. The number of hydrogen-bond acceptors (Lipinski definition) is 0. The van der Waals surface area contributed by atoms with Crippen LogP contribution in [0.2, 0.25) is 0 Å². The molecule has 0 aliphatic heterocycles. The van der Waals surface area contributed by atoms with Crippen molar-refractivity contribution >= 4 is 32.3 Å². The van der Waals surface area contributed by atoms with Crippen LogP contribution in [0.4, 0.5) is 0 Å². The van der Waals surface area contributed by atoms with Crippen molar-refractivity contribution in [1.82, 2.24) is 0 Å². The Bertz CT molecular complexity index is 874. The molecule has 4 rings (SSSR count). The Morgan fingerprint density at radius 2 is 1.67 bits per heavy atom. The standard InChI is InChI=1S/C20H15Br/c1-13-10-20(18-9-8-17(21)12-19(13)18)16-7-6-14-4-2-3-5-15(14)11-16/h2-12,20H,1H3. The second kappa shape index (κ2) is 4.85. The summed E-state index contributed by atoms with van der Waals surface area (Å²) in [5.74, 6) is 0.373. The van der Waals surface area contributed by atoms with Gasteiger partial charge in [0, 0.05) is 10.4 Å². The first-order chi connectivity index (χ1) is 10.2. The quantitative estimate of drug-likeness (QED) is 0.500. The van der Waals surface area contributed by atoms with E-state index >= 15 is 0 Å². The first-order valence-corrected chi connectivity index (χ1v) is 7.98. The Labute approximate surface area is 133 Å². The van der Waals surface area contributed by atoms with E-state index in [1.165, 1.54) is 33.0 Å². The third kappa shape index (κ3) is 2.13. The molecule has 0 spiro atoms. The third-order valence-corrected chi connectivity index (χ3v) is 4.82. The van der Waals surface area contributed by atoms with Gasteiger partial charge in [0.1, 0.15) is 0 Å². The number of allylic oxidation sites excluding steroid dienone is 2. The molecule has 0 nitrogen and oxygen atoms in total. The molecule has 0 aromatic heterocycles. The lowest BCUT2D eigenvalue weighted by molar-refractivity contribution is 1.05. The lowest BCUT2D eigenvalue weighted by Crippen LogP contribution is -1.95. The van der Waals surface area contributed by atoms with E-state index in [9.17, 15) is 0 Å². The van der Waals surface area contributed by atoms with Gasteiger partial charge in [-0.3, -0.25) is 0 Å². The van der Waals surface area contributed by atoms with Gasteiger partial charge >= 0.3 is 0 Å². The zero-order valence-corrected chi connectivity index (χ0v) is 13.4. The van der Waals surface area contributed by atoms with Crippen molar-refractivity contribution in [3.05, 3.63) is 87.9 Å². The molecule has 1 unspecified atom stereocenters. The molecule has 0 saturated heterocycles. The Hall–Kier alpha value is -1.86. The molecule has 1 aliphatic carbocycles. The number of halogens is 1. The van der Waals surface area contributed by atoms with Gasteiger partial charge in [-0.1, -0.05) is 70.5 Å². The Kier molecular flexibility index (Phi) is 2.97. The number of rotatable bonds is 1. The summed E-state index contributed by atoms with van der Waals surface area (Å²) in [6.45, 7) is 2.20. The molecule has 0 amide bonds. The second-order valence-corrected chi connectivity index (χ2v) is 6.58. The van der Waals surface area contributed by atoms with Crippen molar-refractivity contribution in [2.45, 2.75) is 12.8 Å². The van der Waals surface area contributed by atoms with Crippen LogP contribution in [0.25, 0.3) is 16.3 Å². The molecule has 1 heteroatoms. The van der Waals surface area contributed by atoms with Crippen LogP contribution in [0.1, 0.15) is 29.5 Å². The highest BCUT2D eigenvalue weighted by atomic mass is 79.9. The van der Waals surface area contributed by atoms with Crippen molar-refractivity contribution in [1.29, 1.82) is 0 Å². The van der Waals surface area contributed by atoms with Crippen LogP contribution in [-0.2, 0) is 0 Å². The molecule has 0 heterocycles. The van der Waals surface area contributed by atoms with E-state index in [0.29, 0.717) is 5.92 Å². The van der Waals surface area contributed by atoms with Gasteiger partial charge in [0.15, 0.2) is 0 Å². The van der Waals surface area contributed by atoms with E-state index in [1.54, 1.807) is 0 Å². The third-order valence-electron chi connectivity index (χ3n) is 4.32. The molecule has 0 radical (unpaired) electrons. The van der Waals surface area contributed by atoms with Gasteiger partial charge in [-0.15, -0.1) is 0 Å². The van der Waals surface area contributed by atoms with E-state index in [0.717, 1.165) is 4.47 Å². The molecule has 0 fully saturated rings. The number of fused-ring (bicyclic) bond motifs is 2. The molecule has 0 bridgehead atoms. The van der Waals surface area contributed by atoms with Gasteiger partial charge in [-0.25, -0.2) is 0 Å². The smallest absolute Gasteiger partial charge is 0.0281 e. The van der Waals surface area contributed by atoms with Crippen LogP contribution in [0.3, 0.4) is 0 Å². The average Bonchev–Trinajstić information content (AvgIpc) is 2.83.